The Kier molecular flexibility index (Phi) is 18.4. The fourth-order valence-corrected chi connectivity index (χ4v) is 9.82. The van der Waals surface area contributed by atoms with Crippen LogP contribution >= 0.6 is 0 Å². The van der Waals surface area contributed by atoms with E-state index in [1.54, 1.807) is 5.48 Å². The van der Waals surface area contributed by atoms with Crippen molar-refractivity contribution in [3.05, 3.63) is 11.8 Å². The molecule has 1 aliphatic heterocycles. The topological polar surface area (TPSA) is 30.5 Å². The SMILES string of the molecule is CCCC1=CC(CO[Si](CCC(F)(F)C(F)(F)C(F)(F)C(F)(F)C(F)(F)C(F)(F)F)(CCC(F)(F)C(F)(F)C(F)(F)C(F)(F)C(F)(F)C(F)(F)F)CCC(F)(F)C(F)(F)C(F)(F)C(F)(F)C(F)(F)C(F)(F)F)ON1. The van der Waals surface area contributed by atoms with Crippen LogP contribution in [0.25, 0.3) is 0 Å². The highest BCUT2D eigenvalue weighted by Gasteiger charge is 2.93. The molecular formula is C31H24F39NO2Si. The summed E-state index contributed by atoms with van der Waals surface area (Å²) in [6.07, 6.45) is -39.1. The van der Waals surface area contributed by atoms with E-state index in [4.69, 9.17) is 0 Å². The van der Waals surface area contributed by atoms with Crippen molar-refractivity contribution in [2.24, 2.45) is 0 Å². The quantitative estimate of drug-likeness (QED) is 0.0692. The fraction of sp³-hybridized carbons (Fsp3) is 0.935. The number of hydrogen-bond acceptors (Lipinski definition) is 3. The van der Waals surface area contributed by atoms with E-state index >= 15 is 26.3 Å². The van der Waals surface area contributed by atoms with Crippen molar-refractivity contribution < 1.29 is 180 Å². The lowest BCUT2D eigenvalue weighted by Crippen LogP contribution is -2.70. The van der Waals surface area contributed by atoms with Crippen molar-refractivity contribution in [1.82, 2.24) is 5.48 Å². The van der Waals surface area contributed by atoms with E-state index < -0.39 is 166 Å². The first-order chi connectivity index (χ1) is 31.9. The molecule has 1 heterocycles. The summed E-state index contributed by atoms with van der Waals surface area (Å²) < 4.78 is 545. The summed E-state index contributed by atoms with van der Waals surface area (Å²) >= 11 is 0. The second kappa shape index (κ2) is 19.7. The second-order valence-electron chi connectivity index (χ2n) is 15.7. The first-order valence-corrected chi connectivity index (χ1v) is 21.0. The zero-order valence-corrected chi connectivity index (χ0v) is 35.6. The van der Waals surface area contributed by atoms with Crippen LogP contribution in [0.5, 0.6) is 0 Å². The molecule has 1 rings (SSSR count). The summed E-state index contributed by atoms with van der Waals surface area (Å²) in [4.78, 5) is 4.55. The minimum absolute atomic E-state index is 0.0416. The summed E-state index contributed by atoms with van der Waals surface area (Å²) in [5.74, 6) is -128. The van der Waals surface area contributed by atoms with Crippen LogP contribution in [0.3, 0.4) is 0 Å². The number of hydrogen-bond donors (Lipinski definition) is 1. The van der Waals surface area contributed by atoms with Gasteiger partial charge >= 0.3 is 107 Å². The summed E-state index contributed by atoms with van der Waals surface area (Å²) in [7, 11) is -7.34. The number of halogens is 39. The molecule has 3 nitrogen and oxygen atoms in total. The van der Waals surface area contributed by atoms with Gasteiger partial charge in [0, 0.05) is 25.0 Å². The zero-order valence-electron chi connectivity index (χ0n) is 34.6. The molecule has 0 bridgehead atoms. The standard InChI is InChI=1S/C31H24F39NO2Si/c1-2-3-12-10-13(73-71-12)11-72-74(7-4-14(32,33)17(38,39)20(44,45)23(50,51)26(56,57)29(62,63)64,8-5-15(34,35)18(40,41)21(46,47)24(52,53)27(58,59)30(65,66)67)9-6-16(36,37)19(42,43)22(48,49)25(54,55)28(60,61)31(68,69)70/h10,13,71H,2-9,11H2,1H3. The second-order valence-corrected chi connectivity index (χ2v) is 19.8. The molecule has 0 spiro atoms. The van der Waals surface area contributed by atoms with E-state index in [0.717, 1.165) is 0 Å². The molecule has 0 fully saturated rings. The first-order valence-electron chi connectivity index (χ1n) is 18.5. The predicted molar refractivity (Wildman–Crippen MR) is 163 cm³/mol. The summed E-state index contributed by atoms with van der Waals surface area (Å²) in [6, 6.07) is -10.3. The molecular weight excluding hydrogens is 1190 g/mol. The molecule has 1 aliphatic rings. The monoisotopic (exact) mass is 1210 g/mol. The fourth-order valence-electron chi connectivity index (χ4n) is 5.81. The van der Waals surface area contributed by atoms with Crippen LogP contribution in [0.2, 0.25) is 18.1 Å². The maximum Gasteiger partial charge on any atom is 0.460 e. The summed E-state index contributed by atoms with van der Waals surface area (Å²) in [6.45, 7) is -0.897. The summed E-state index contributed by atoms with van der Waals surface area (Å²) in [5.41, 5.74) is 1.45. The largest absolute Gasteiger partial charge is 0.460 e. The van der Waals surface area contributed by atoms with Crippen LogP contribution in [-0.2, 0) is 9.26 Å². The molecule has 0 aromatic heterocycles. The molecule has 43 heteroatoms. The lowest BCUT2D eigenvalue weighted by atomic mass is 9.93. The van der Waals surface area contributed by atoms with E-state index in [0.29, 0.717) is 6.08 Å². The number of allylic oxidation sites excluding steroid dienone is 1. The van der Waals surface area contributed by atoms with Gasteiger partial charge in [0.2, 0.25) is 0 Å². The molecule has 0 amide bonds. The van der Waals surface area contributed by atoms with Gasteiger partial charge < -0.3 is 4.43 Å². The van der Waals surface area contributed by atoms with Gasteiger partial charge in [-0.25, -0.2) is 0 Å². The minimum Gasteiger partial charge on any atom is -0.414 e. The van der Waals surface area contributed by atoms with Crippen LogP contribution in [0.4, 0.5) is 171 Å². The Balaban J connectivity index is 4.41. The summed E-state index contributed by atoms with van der Waals surface area (Å²) in [5, 5.41) is 0. The first kappa shape index (κ1) is 69.0. The normalized spacial score (nSPS) is 18.3. The third kappa shape index (κ3) is 10.9. The molecule has 0 saturated carbocycles. The Bertz CT molecular complexity index is 1760. The van der Waals surface area contributed by atoms with Gasteiger partial charge in [-0.2, -0.15) is 171 Å². The molecule has 1 atom stereocenters. The van der Waals surface area contributed by atoms with E-state index in [9.17, 15) is 145 Å². The minimum atomic E-state index is -8.91. The smallest absolute Gasteiger partial charge is 0.414 e. The van der Waals surface area contributed by atoms with Gasteiger partial charge in [-0.15, -0.1) is 0 Å². The van der Waals surface area contributed by atoms with Crippen molar-refractivity contribution in [2.45, 2.75) is 171 Å². The van der Waals surface area contributed by atoms with Crippen LogP contribution in [0, 0.1) is 0 Å². The average molecular weight is 1210 g/mol. The van der Waals surface area contributed by atoms with Crippen LogP contribution < -0.4 is 5.48 Å². The highest BCUT2D eigenvalue weighted by atomic mass is 28.4. The Labute approximate surface area is 384 Å². The Morgan fingerprint density at radius 2 is 0.608 bits per heavy atom. The molecule has 1 unspecified atom stereocenters. The van der Waals surface area contributed by atoms with Crippen molar-refractivity contribution >= 4 is 8.32 Å². The van der Waals surface area contributed by atoms with Crippen LogP contribution in [0.15, 0.2) is 11.8 Å². The van der Waals surface area contributed by atoms with Gasteiger partial charge in [-0.1, -0.05) is 13.3 Å². The third-order valence-corrected chi connectivity index (χ3v) is 14.7. The molecule has 0 aromatic carbocycles. The van der Waals surface area contributed by atoms with E-state index in [1.165, 1.54) is 6.92 Å². The van der Waals surface area contributed by atoms with E-state index in [2.05, 4.69) is 9.26 Å². The number of hydroxylamine groups is 1. The van der Waals surface area contributed by atoms with Gasteiger partial charge in [-0.3, -0.25) is 10.3 Å². The van der Waals surface area contributed by atoms with E-state index in [1.807, 2.05) is 0 Å². The van der Waals surface area contributed by atoms with Crippen molar-refractivity contribution in [1.29, 1.82) is 0 Å². The van der Waals surface area contributed by atoms with E-state index in [-0.39, 0.29) is 18.5 Å². The average Bonchev–Trinajstić information content (AvgIpc) is 3.65. The lowest BCUT2D eigenvalue weighted by Gasteiger charge is -2.42. The van der Waals surface area contributed by atoms with Gasteiger partial charge in [0.25, 0.3) is 0 Å². The number of rotatable bonds is 26. The molecule has 74 heavy (non-hydrogen) atoms. The van der Waals surface area contributed by atoms with Crippen LogP contribution in [0.1, 0.15) is 39.0 Å². The lowest BCUT2D eigenvalue weighted by molar-refractivity contribution is -0.440. The van der Waals surface area contributed by atoms with Crippen molar-refractivity contribution in [3.8, 4) is 0 Å². The Morgan fingerprint density at radius 1 is 0.378 bits per heavy atom. The predicted octanol–water partition coefficient (Wildman–Crippen LogP) is 15.9. The molecule has 0 saturated heterocycles. The van der Waals surface area contributed by atoms with Crippen molar-refractivity contribution in [2.75, 3.05) is 6.61 Å². The van der Waals surface area contributed by atoms with Gasteiger partial charge in [0.05, 0.1) is 6.61 Å². The van der Waals surface area contributed by atoms with Crippen LogP contribution in [-0.4, -0.2) is 128 Å². The van der Waals surface area contributed by atoms with Crippen molar-refractivity contribution in [3.63, 3.8) is 0 Å². The number of nitrogens with one attached hydrogen (secondary N) is 1. The molecule has 0 aromatic rings. The highest BCUT2D eigenvalue weighted by Crippen LogP contribution is 2.65. The molecule has 442 valence electrons. The Hall–Kier alpha value is -3.05. The maximum absolute atomic E-state index is 15.0. The maximum atomic E-state index is 15.0. The highest BCUT2D eigenvalue weighted by molar-refractivity contribution is 6.73. The zero-order chi connectivity index (χ0) is 59.8. The van der Waals surface area contributed by atoms with Gasteiger partial charge in [-0.05, 0) is 30.6 Å². The molecule has 0 aliphatic carbocycles. The molecule has 1 N–H and O–H groups in total. The van der Waals surface area contributed by atoms with Gasteiger partial charge in [0.15, 0.2) is 8.32 Å². The Morgan fingerprint density at radius 3 is 0.824 bits per heavy atom. The third-order valence-electron chi connectivity index (χ3n) is 10.5. The molecule has 0 radical (unpaired) electrons. The number of alkyl halides is 39. The van der Waals surface area contributed by atoms with Gasteiger partial charge in [0.1, 0.15) is 6.10 Å².